The van der Waals surface area contributed by atoms with Crippen LogP contribution < -0.4 is 0 Å². The van der Waals surface area contributed by atoms with Gasteiger partial charge >= 0.3 is 5.97 Å². The first-order valence-corrected chi connectivity index (χ1v) is 9.85. The van der Waals surface area contributed by atoms with E-state index in [-0.39, 0.29) is 28.7 Å². The smallest absolute Gasteiger partial charge is 0.303 e. The van der Waals surface area contributed by atoms with Gasteiger partial charge in [0.15, 0.2) is 11.9 Å². The van der Waals surface area contributed by atoms with E-state index < -0.39 is 6.10 Å². The van der Waals surface area contributed by atoms with Crippen molar-refractivity contribution < 1.29 is 19.4 Å². The minimum Gasteiger partial charge on any atom is -0.455 e. The number of carbonyl (C=O) groups is 2. The van der Waals surface area contributed by atoms with Gasteiger partial charge in [0, 0.05) is 12.3 Å². The van der Waals surface area contributed by atoms with Crippen LogP contribution in [0.25, 0.3) is 0 Å². The number of aliphatic hydroxyl groups is 1. The number of carbonyl (C=O) groups excluding carboxylic acids is 2. The number of esters is 1. The maximum Gasteiger partial charge on any atom is 0.303 e. The predicted octanol–water partition coefficient (Wildman–Crippen LogP) is 3.42. The molecule has 0 aromatic carbocycles. The standard InChI is InChI=1S/C21H30O4/c1-12(22)25-18-11-17-15-5-4-13-10-14(23)6-8-20(13,2)16(15)7-9-21(17,3)19(18)24/h4,14-18,23H,5-11H2,1-3H3/t14-,15+,16-,17-,18-,20-,21-/m0/s1. The fourth-order valence-corrected chi connectivity index (χ4v) is 6.71. The third-order valence-electron chi connectivity index (χ3n) is 8.10. The molecule has 4 nitrogen and oxygen atoms in total. The monoisotopic (exact) mass is 346 g/mol. The van der Waals surface area contributed by atoms with Crippen LogP contribution in [0, 0.1) is 28.6 Å². The SMILES string of the molecule is CC(=O)O[C@H]1C[C@H]2[C@@H]3CC=C4C[C@@H](O)CC[C@]4(C)[C@H]3CC[C@]2(C)C1=O. The highest BCUT2D eigenvalue weighted by Crippen LogP contribution is 2.64. The quantitative estimate of drug-likeness (QED) is 0.584. The molecule has 4 rings (SSSR count). The molecule has 3 fully saturated rings. The summed E-state index contributed by atoms with van der Waals surface area (Å²) in [5.74, 6) is 1.18. The Hall–Kier alpha value is -1.16. The summed E-state index contributed by atoms with van der Waals surface area (Å²) in [5.41, 5.74) is 1.28. The molecule has 0 radical (unpaired) electrons. The molecule has 4 aliphatic carbocycles. The van der Waals surface area contributed by atoms with Gasteiger partial charge in [-0.05, 0) is 68.1 Å². The Morgan fingerprint density at radius 1 is 1.20 bits per heavy atom. The Kier molecular flexibility index (Phi) is 3.91. The molecule has 0 aromatic rings. The van der Waals surface area contributed by atoms with Crippen molar-refractivity contribution in [2.75, 3.05) is 0 Å². The van der Waals surface area contributed by atoms with Gasteiger partial charge < -0.3 is 9.84 Å². The number of hydrogen-bond donors (Lipinski definition) is 1. The lowest BCUT2D eigenvalue weighted by Crippen LogP contribution is -2.50. The van der Waals surface area contributed by atoms with Crippen LogP contribution in [0.2, 0.25) is 0 Å². The van der Waals surface area contributed by atoms with E-state index in [0.717, 1.165) is 38.5 Å². The molecule has 0 heterocycles. The van der Waals surface area contributed by atoms with Gasteiger partial charge in [-0.2, -0.15) is 0 Å². The topological polar surface area (TPSA) is 63.6 Å². The summed E-state index contributed by atoms with van der Waals surface area (Å²) in [6, 6.07) is 0. The van der Waals surface area contributed by atoms with Crippen molar-refractivity contribution in [2.24, 2.45) is 28.6 Å². The van der Waals surface area contributed by atoms with E-state index in [4.69, 9.17) is 4.74 Å². The van der Waals surface area contributed by atoms with Gasteiger partial charge in [0.2, 0.25) is 0 Å². The number of ketones is 1. The number of fused-ring (bicyclic) bond motifs is 5. The fourth-order valence-electron chi connectivity index (χ4n) is 6.71. The molecular weight excluding hydrogens is 316 g/mol. The Morgan fingerprint density at radius 3 is 2.64 bits per heavy atom. The van der Waals surface area contributed by atoms with E-state index in [1.54, 1.807) is 0 Å². The van der Waals surface area contributed by atoms with E-state index in [9.17, 15) is 14.7 Å². The van der Waals surface area contributed by atoms with E-state index in [1.807, 2.05) is 0 Å². The highest BCUT2D eigenvalue weighted by Gasteiger charge is 2.61. The first-order chi connectivity index (χ1) is 11.8. The summed E-state index contributed by atoms with van der Waals surface area (Å²) in [6.07, 6.45) is 8.04. The van der Waals surface area contributed by atoms with Crippen LogP contribution in [0.3, 0.4) is 0 Å². The van der Waals surface area contributed by atoms with Gasteiger partial charge in [-0.25, -0.2) is 0 Å². The summed E-state index contributed by atoms with van der Waals surface area (Å²) in [4.78, 5) is 24.4. The van der Waals surface area contributed by atoms with Crippen molar-refractivity contribution in [3.63, 3.8) is 0 Å². The number of rotatable bonds is 1. The van der Waals surface area contributed by atoms with Gasteiger partial charge in [0.05, 0.1) is 6.10 Å². The average Bonchev–Trinajstić information content (AvgIpc) is 2.79. The largest absolute Gasteiger partial charge is 0.455 e. The third-order valence-corrected chi connectivity index (χ3v) is 8.10. The summed E-state index contributed by atoms with van der Waals surface area (Å²) in [6.45, 7) is 5.88. The van der Waals surface area contributed by atoms with E-state index >= 15 is 0 Å². The highest BCUT2D eigenvalue weighted by atomic mass is 16.5. The number of Topliss-reactive ketones (excluding diaryl/α,β-unsaturated/α-hetero) is 1. The van der Waals surface area contributed by atoms with Crippen molar-refractivity contribution in [2.45, 2.75) is 77.9 Å². The first kappa shape index (κ1) is 17.3. The van der Waals surface area contributed by atoms with Crippen LogP contribution in [0.5, 0.6) is 0 Å². The van der Waals surface area contributed by atoms with Gasteiger partial charge in [-0.3, -0.25) is 9.59 Å². The van der Waals surface area contributed by atoms with Crippen LogP contribution in [-0.2, 0) is 14.3 Å². The van der Waals surface area contributed by atoms with Crippen LogP contribution >= 0.6 is 0 Å². The van der Waals surface area contributed by atoms with Crippen LogP contribution in [0.15, 0.2) is 11.6 Å². The second-order valence-electron chi connectivity index (χ2n) is 9.31. The zero-order valence-corrected chi connectivity index (χ0v) is 15.6. The summed E-state index contributed by atoms with van der Waals surface area (Å²) in [5, 5.41) is 10.1. The van der Waals surface area contributed by atoms with Crippen molar-refractivity contribution in [1.82, 2.24) is 0 Å². The van der Waals surface area contributed by atoms with E-state index in [0.29, 0.717) is 24.2 Å². The molecule has 0 unspecified atom stereocenters. The van der Waals surface area contributed by atoms with Crippen molar-refractivity contribution in [3.05, 3.63) is 11.6 Å². The van der Waals surface area contributed by atoms with E-state index in [2.05, 4.69) is 19.9 Å². The zero-order valence-electron chi connectivity index (χ0n) is 15.6. The zero-order chi connectivity index (χ0) is 18.0. The summed E-state index contributed by atoms with van der Waals surface area (Å²) >= 11 is 0. The molecule has 0 aliphatic heterocycles. The molecule has 1 N–H and O–H groups in total. The number of aliphatic hydroxyl groups excluding tert-OH is 1. The van der Waals surface area contributed by atoms with Gasteiger partial charge in [0.1, 0.15) is 0 Å². The molecule has 25 heavy (non-hydrogen) atoms. The first-order valence-electron chi connectivity index (χ1n) is 9.85. The molecule has 0 aromatic heterocycles. The third kappa shape index (κ3) is 2.43. The van der Waals surface area contributed by atoms with Gasteiger partial charge in [-0.15, -0.1) is 0 Å². The van der Waals surface area contributed by atoms with Gasteiger partial charge in [0.25, 0.3) is 0 Å². The molecule has 4 aliphatic rings. The Balaban J connectivity index is 1.64. The second kappa shape index (κ2) is 5.67. The van der Waals surface area contributed by atoms with E-state index in [1.165, 1.54) is 12.5 Å². The van der Waals surface area contributed by atoms with Crippen molar-refractivity contribution in [1.29, 1.82) is 0 Å². The maximum atomic E-state index is 13.0. The molecule has 0 saturated heterocycles. The highest BCUT2D eigenvalue weighted by molar-refractivity contribution is 5.92. The molecule has 7 atom stereocenters. The lowest BCUT2D eigenvalue weighted by atomic mass is 9.48. The Labute approximate surface area is 150 Å². The summed E-state index contributed by atoms with van der Waals surface area (Å²) in [7, 11) is 0. The maximum absolute atomic E-state index is 13.0. The summed E-state index contributed by atoms with van der Waals surface area (Å²) < 4.78 is 5.37. The second-order valence-corrected chi connectivity index (χ2v) is 9.31. The normalized spacial score (nSPS) is 48.9. The predicted molar refractivity (Wildman–Crippen MR) is 93.7 cm³/mol. The lowest BCUT2D eigenvalue weighted by molar-refractivity contribution is -0.153. The number of ether oxygens (including phenoxy) is 1. The van der Waals surface area contributed by atoms with Crippen molar-refractivity contribution >= 4 is 11.8 Å². The molecule has 0 amide bonds. The Bertz CT molecular complexity index is 638. The minimum atomic E-state index is -0.544. The average molecular weight is 346 g/mol. The number of hydrogen-bond acceptors (Lipinski definition) is 4. The van der Waals surface area contributed by atoms with Crippen LogP contribution in [-0.4, -0.2) is 29.1 Å². The number of allylic oxidation sites excluding steroid dienone is 1. The van der Waals surface area contributed by atoms with Gasteiger partial charge in [-0.1, -0.05) is 25.5 Å². The van der Waals surface area contributed by atoms with Crippen molar-refractivity contribution in [3.8, 4) is 0 Å². The molecule has 138 valence electrons. The fraction of sp³-hybridized carbons (Fsp3) is 0.810. The molecule has 3 saturated carbocycles. The molecular formula is C21H30O4. The minimum absolute atomic E-state index is 0.144. The Morgan fingerprint density at radius 2 is 1.92 bits per heavy atom. The lowest BCUT2D eigenvalue weighted by Gasteiger charge is -2.56. The van der Waals surface area contributed by atoms with Crippen LogP contribution in [0.1, 0.15) is 65.7 Å². The molecule has 0 spiro atoms. The molecule has 4 heteroatoms. The molecule has 0 bridgehead atoms. The van der Waals surface area contributed by atoms with Crippen LogP contribution in [0.4, 0.5) is 0 Å².